The number of hydrogen-bond donors (Lipinski definition) is 0. The molecule has 4 aromatic rings. The summed E-state index contributed by atoms with van der Waals surface area (Å²) >= 11 is 0. The highest BCUT2D eigenvalue weighted by Crippen LogP contribution is 2.41. The fraction of sp³-hybridized carbons (Fsp3) is 0.500. The minimum absolute atomic E-state index is 0.119. The van der Waals surface area contributed by atoms with Crippen LogP contribution < -0.4 is 0 Å². The summed E-state index contributed by atoms with van der Waals surface area (Å²) in [6.45, 7) is 28.8. The highest BCUT2D eigenvalue weighted by molar-refractivity contribution is 6.08. The third kappa shape index (κ3) is 9.50. The molecule has 0 aliphatic heterocycles. The topological polar surface area (TPSA) is 0 Å². The average molecular weight is 541 g/mol. The molecule has 0 saturated carbocycles. The van der Waals surface area contributed by atoms with Gasteiger partial charge < -0.3 is 0 Å². The summed E-state index contributed by atoms with van der Waals surface area (Å²) in [6, 6.07) is 22.5. The Bertz CT molecular complexity index is 1300. The van der Waals surface area contributed by atoms with Gasteiger partial charge in [-0.1, -0.05) is 162 Å². The van der Waals surface area contributed by atoms with Crippen LogP contribution in [0.15, 0.2) is 60.7 Å². The standard InChI is InChI=1S/C27H28.C6H14.C5H12.C2H6/c1-17-15-24(21-12-8-7-11-20(21)19(17)3)25-16-18(2)26(27(4,5)6)23-14-10-9-13-22(23)25;1-4-5-6(2)3;1-3-5-4-2;1-2/h7-16H,1-6H3;6H,4-5H2,1-3H3;3-5H2,1-2H3;1-2H3. The molecular formula is C40H60. The lowest BCUT2D eigenvalue weighted by atomic mass is 9.78. The minimum atomic E-state index is 0.119. The van der Waals surface area contributed by atoms with E-state index in [-0.39, 0.29) is 5.41 Å². The van der Waals surface area contributed by atoms with Crippen LogP contribution in [0.1, 0.15) is 124 Å². The Morgan fingerprint density at radius 3 is 1.40 bits per heavy atom. The number of fused-ring (bicyclic) bond motifs is 2. The van der Waals surface area contributed by atoms with Gasteiger partial charge in [-0.3, -0.25) is 0 Å². The van der Waals surface area contributed by atoms with Crippen LogP contribution in [0, 0.1) is 26.7 Å². The van der Waals surface area contributed by atoms with Crippen molar-refractivity contribution in [3.8, 4) is 11.1 Å². The third-order valence-electron chi connectivity index (χ3n) is 7.43. The van der Waals surface area contributed by atoms with E-state index >= 15 is 0 Å². The second-order valence-corrected chi connectivity index (χ2v) is 12.4. The first-order valence-electron chi connectivity index (χ1n) is 16.0. The van der Waals surface area contributed by atoms with Gasteiger partial charge in [0, 0.05) is 0 Å². The Morgan fingerprint density at radius 1 is 0.600 bits per heavy atom. The summed E-state index contributed by atoms with van der Waals surface area (Å²) in [5, 5.41) is 5.42. The lowest BCUT2D eigenvalue weighted by molar-refractivity contribution is 0.576. The van der Waals surface area contributed by atoms with Crippen LogP contribution in [0.2, 0.25) is 0 Å². The van der Waals surface area contributed by atoms with E-state index in [1.54, 1.807) is 0 Å². The molecule has 0 nitrogen and oxygen atoms in total. The van der Waals surface area contributed by atoms with Crippen molar-refractivity contribution >= 4 is 21.5 Å². The van der Waals surface area contributed by atoms with Crippen LogP contribution in [0.3, 0.4) is 0 Å². The Kier molecular flexibility index (Phi) is 15.3. The second kappa shape index (κ2) is 17.3. The predicted octanol–water partition coefficient (Wildman–Crippen LogP) is 13.5. The van der Waals surface area contributed by atoms with Crippen molar-refractivity contribution in [3.05, 3.63) is 82.9 Å². The zero-order valence-corrected chi connectivity index (χ0v) is 28.4. The van der Waals surface area contributed by atoms with Gasteiger partial charge in [-0.15, -0.1) is 0 Å². The van der Waals surface area contributed by atoms with E-state index in [0.29, 0.717) is 0 Å². The van der Waals surface area contributed by atoms with E-state index in [0.717, 1.165) is 5.92 Å². The SMILES string of the molecule is CC.CCCC(C)C.CCCCC.Cc1cc(-c2cc(C)c(C(C)(C)C)c3ccccc23)c2ccccc2c1C. The van der Waals surface area contributed by atoms with Gasteiger partial charge >= 0.3 is 0 Å². The van der Waals surface area contributed by atoms with Crippen molar-refractivity contribution in [2.75, 3.05) is 0 Å². The zero-order chi connectivity index (χ0) is 30.5. The molecule has 220 valence electrons. The highest BCUT2D eigenvalue weighted by atomic mass is 14.3. The summed E-state index contributed by atoms with van der Waals surface area (Å²) in [6.07, 6.45) is 6.78. The minimum Gasteiger partial charge on any atom is -0.0683 e. The van der Waals surface area contributed by atoms with Crippen molar-refractivity contribution < 1.29 is 0 Å². The molecule has 0 bridgehead atoms. The van der Waals surface area contributed by atoms with Crippen LogP contribution in [0.5, 0.6) is 0 Å². The second-order valence-electron chi connectivity index (χ2n) is 12.4. The van der Waals surface area contributed by atoms with E-state index in [1.807, 2.05) is 13.8 Å². The Balaban J connectivity index is 0.000000519. The first-order valence-corrected chi connectivity index (χ1v) is 16.0. The van der Waals surface area contributed by atoms with Crippen LogP contribution >= 0.6 is 0 Å². The smallest absolute Gasteiger partial charge is 0.00962 e. The predicted molar refractivity (Wildman–Crippen MR) is 186 cm³/mol. The quantitative estimate of drug-likeness (QED) is 0.236. The van der Waals surface area contributed by atoms with Gasteiger partial charge in [0.05, 0.1) is 0 Å². The molecule has 0 heteroatoms. The normalized spacial score (nSPS) is 10.8. The maximum absolute atomic E-state index is 2.40. The van der Waals surface area contributed by atoms with Crippen molar-refractivity contribution in [2.24, 2.45) is 5.92 Å². The maximum Gasteiger partial charge on any atom is -0.00962 e. The molecule has 0 unspecified atom stereocenters. The summed E-state index contributed by atoms with van der Waals surface area (Å²) in [7, 11) is 0. The summed E-state index contributed by atoms with van der Waals surface area (Å²) < 4.78 is 0. The highest BCUT2D eigenvalue weighted by Gasteiger charge is 2.22. The van der Waals surface area contributed by atoms with Crippen molar-refractivity contribution in [2.45, 2.75) is 128 Å². The molecular weight excluding hydrogens is 480 g/mol. The van der Waals surface area contributed by atoms with Gasteiger partial charge in [0.25, 0.3) is 0 Å². The number of benzene rings is 4. The molecule has 0 heterocycles. The van der Waals surface area contributed by atoms with Crippen LogP contribution in [-0.4, -0.2) is 0 Å². The lowest BCUT2D eigenvalue weighted by Crippen LogP contribution is -2.14. The van der Waals surface area contributed by atoms with Crippen molar-refractivity contribution in [1.82, 2.24) is 0 Å². The van der Waals surface area contributed by atoms with Crippen LogP contribution in [0.4, 0.5) is 0 Å². The van der Waals surface area contributed by atoms with Gasteiger partial charge in [0.15, 0.2) is 0 Å². The third-order valence-corrected chi connectivity index (χ3v) is 7.43. The molecule has 0 aromatic heterocycles. The molecule has 0 aliphatic rings. The Labute approximate surface area is 248 Å². The fourth-order valence-corrected chi connectivity index (χ4v) is 5.55. The fourth-order valence-electron chi connectivity index (χ4n) is 5.55. The molecule has 0 saturated heterocycles. The first-order chi connectivity index (χ1) is 19.0. The van der Waals surface area contributed by atoms with E-state index in [9.17, 15) is 0 Å². The monoisotopic (exact) mass is 540 g/mol. The number of rotatable bonds is 5. The Morgan fingerprint density at radius 2 is 1.02 bits per heavy atom. The van der Waals surface area contributed by atoms with E-state index in [2.05, 4.69) is 137 Å². The van der Waals surface area contributed by atoms with Gasteiger partial charge in [-0.2, -0.15) is 0 Å². The summed E-state index contributed by atoms with van der Waals surface area (Å²) in [5.74, 6) is 0.898. The molecule has 4 rings (SSSR count). The van der Waals surface area contributed by atoms with Crippen molar-refractivity contribution in [1.29, 1.82) is 0 Å². The molecule has 0 fully saturated rings. The van der Waals surface area contributed by atoms with Gasteiger partial charge in [-0.05, 0) is 87.0 Å². The van der Waals surface area contributed by atoms with E-state index in [4.69, 9.17) is 0 Å². The molecule has 0 radical (unpaired) electrons. The van der Waals surface area contributed by atoms with E-state index in [1.165, 1.54) is 87.0 Å². The number of hydrogen-bond acceptors (Lipinski definition) is 0. The molecule has 40 heavy (non-hydrogen) atoms. The molecule has 0 aliphatic carbocycles. The van der Waals surface area contributed by atoms with Crippen molar-refractivity contribution in [3.63, 3.8) is 0 Å². The summed E-state index contributed by atoms with van der Waals surface area (Å²) in [5.41, 5.74) is 8.36. The Hall–Kier alpha value is -2.60. The number of unbranched alkanes of at least 4 members (excludes halogenated alkanes) is 2. The van der Waals surface area contributed by atoms with Gasteiger partial charge in [-0.25, -0.2) is 0 Å². The maximum atomic E-state index is 2.40. The number of aryl methyl sites for hydroxylation is 3. The lowest BCUT2D eigenvalue weighted by Gasteiger charge is -2.26. The summed E-state index contributed by atoms with van der Waals surface area (Å²) in [4.78, 5) is 0. The average Bonchev–Trinajstić information content (AvgIpc) is 2.92. The zero-order valence-electron chi connectivity index (χ0n) is 28.4. The molecule has 0 spiro atoms. The van der Waals surface area contributed by atoms with Crippen LogP contribution in [-0.2, 0) is 5.41 Å². The van der Waals surface area contributed by atoms with Gasteiger partial charge in [0.1, 0.15) is 0 Å². The molecule has 0 N–H and O–H groups in total. The van der Waals surface area contributed by atoms with E-state index < -0.39 is 0 Å². The first kappa shape index (κ1) is 35.4. The molecule has 0 amide bonds. The molecule has 4 aromatic carbocycles. The largest absolute Gasteiger partial charge is 0.0683 e. The van der Waals surface area contributed by atoms with Crippen LogP contribution in [0.25, 0.3) is 32.7 Å². The molecule has 0 atom stereocenters. The van der Waals surface area contributed by atoms with Gasteiger partial charge in [0.2, 0.25) is 0 Å².